The number of carbonyl (C=O) groups excluding carboxylic acids is 1. The van der Waals surface area contributed by atoms with Gasteiger partial charge in [-0.25, -0.2) is 4.98 Å². The number of aromatic nitrogens is 3. The molecule has 3 heterocycles. The van der Waals surface area contributed by atoms with E-state index >= 15 is 0 Å². The van der Waals surface area contributed by atoms with Crippen LogP contribution in [0.2, 0.25) is 5.02 Å². The molecule has 0 bridgehead atoms. The highest BCUT2D eigenvalue weighted by atomic mass is 35.5. The fourth-order valence-corrected chi connectivity index (χ4v) is 4.58. The fourth-order valence-electron chi connectivity index (χ4n) is 4.30. The highest BCUT2D eigenvalue weighted by Crippen LogP contribution is 2.45. The molecule has 0 spiro atoms. The van der Waals surface area contributed by atoms with Crippen molar-refractivity contribution in [2.75, 3.05) is 18.6 Å². The van der Waals surface area contributed by atoms with E-state index in [1.807, 2.05) is 18.2 Å². The van der Waals surface area contributed by atoms with Crippen LogP contribution in [-0.2, 0) is 6.42 Å². The van der Waals surface area contributed by atoms with Crippen LogP contribution in [0.4, 0.5) is 5.69 Å². The van der Waals surface area contributed by atoms with Crippen LogP contribution in [0, 0.1) is 18.3 Å². The zero-order valence-electron chi connectivity index (χ0n) is 20.2. The van der Waals surface area contributed by atoms with Crippen molar-refractivity contribution in [3.63, 3.8) is 0 Å². The number of terminal acetylenes is 1. The minimum absolute atomic E-state index is 0.201. The van der Waals surface area contributed by atoms with Gasteiger partial charge < -0.3 is 9.47 Å². The number of pyridine rings is 1. The molecule has 1 atom stereocenters. The van der Waals surface area contributed by atoms with Gasteiger partial charge in [-0.1, -0.05) is 31.5 Å². The van der Waals surface area contributed by atoms with Gasteiger partial charge in [0, 0.05) is 28.8 Å². The molecule has 35 heavy (non-hydrogen) atoms. The Morgan fingerprint density at radius 3 is 2.74 bits per heavy atom. The molecule has 2 aromatic heterocycles. The Labute approximate surface area is 210 Å². The lowest BCUT2D eigenvalue weighted by molar-refractivity contribution is 0.0988. The van der Waals surface area contributed by atoms with Crippen molar-refractivity contribution < 1.29 is 14.3 Å². The molecule has 1 aliphatic rings. The number of fused-ring (bicyclic) bond motifs is 1. The van der Waals surface area contributed by atoms with E-state index in [1.165, 1.54) is 0 Å². The van der Waals surface area contributed by atoms with Crippen LogP contribution in [-0.4, -0.2) is 34.8 Å². The average molecular weight is 493 g/mol. The molecule has 7 nitrogen and oxygen atoms in total. The molecule has 0 aliphatic carbocycles. The maximum Gasteiger partial charge on any atom is 0.280 e. The molecule has 1 amide bonds. The van der Waals surface area contributed by atoms with E-state index in [1.54, 1.807) is 30.3 Å². The van der Waals surface area contributed by atoms with Gasteiger partial charge in [0.05, 0.1) is 31.6 Å². The normalized spacial score (nSPS) is 14.8. The second-order valence-electron chi connectivity index (χ2n) is 8.89. The number of methoxy groups -OCH3 is 1. The monoisotopic (exact) mass is 492 g/mol. The zero-order valence-corrected chi connectivity index (χ0v) is 20.9. The Bertz CT molecular complexity index is 1230. The van der Waals surface area contributed by atoms with Crippen LogP contribution in [0.25, 0.3) is 0 Å². The van der Waals surface area contributed by atoms with Crippen LogP contribution in [0.1, 0.15) is 66.5 Å². The first-order valence-corrected chi connectivity index (χ1v) is 12.1. The van der Waals surface area contributed by atoms with E-state index in [0.717, 1.165) is 42.5 Å². The van der Waals surface area contributed by atoms with Crippen molar-refractivity contribution in [1.29, 1.82) is 0 Å². The predicted octanol–water partition coefficient (Wildman–Crippen LogP) is 5.60. The number of halogens is 1. The largest absolute Gasteiger partial charge is 0.494 e. The number of unbranched alkanes of at least 4 members (excludes halogenated alkanes) is 2. The standard InChI is InChI=1S/C27H29ClN4O3/c1-5-6-7-8-13-35-19-10-11-20(21(28)15-19)26-24-22(14-17(2)3)30-31-25(24)27(33)32(26)18-9-12-23(34-4)29-16-18/h1,9-12,15-17,26H,6-8,13-14H2,2-4H3,(H,30,31). The van der Waals surface area contributed by atoms with Crippen molar-refractivity contribution in [1.82, 2.24) is 15.2 Å². The summed E-state index contributed by atoms with van der Waals surface area (Å²) >= 11 is 6.80. The molecule has 0 saturated carbocycles. The van der Waals surface area contributed by atoms with Crippen LogP contribution in [0.5, 0.6) is 11.6 Å². The number of aromatic amines is 1. The second-order valence-corrected chi connectivity index (χ2v) is 9.30. The molecule has 0 radical (unpaired) electrons. The number of ether oxygens (including phenoxy) is 2. The first kappa shape index (κ1) is 24.6. The van der Waals surface area contributed by atoms with Crippen molar-refractivity contribution >= 4 is 23.2 Å². The molecule has 0 saturated heterocycles. The van der Waals surface area contributed by atoms with E-state index in [4.69, 9.17) is 27.5 Å². The Balaban J connectivity index is 1.71. The van der Waals surface area contributed by atoms with Gasteiger partial charge in [0.2, 0.25) is 5.88 Å². The Morgan fingerprint density at radius 2 is 2.09 bits per heavy atom. The van der Waals surface area contributed by atoms with Crippen LogP contribution in [0.15, 0.2) is 36.5 Å². The van der Waals surface area contributed by atoms with Gasteiger partial charge in [-0.3, -0.25) is 14.8 Å². The first-order valence-electron chi connectivity index (χ1n) is 11.7. The van der Waals surface area contributed by atoms with Crippen LogP contribution < -0.4 is 14.4 Å². The number of nitrogens with one attached hydrogen (secondary N) is 1. The smallest absolute Gasteiger partial charge is 0.280 e. The fraction of sp³-hybridized carbons (Fsp3) is 0.370. The topological polar surface area (TPSA) is 80.3 Å². The molecule has 8 heteroatoms. The van der Waals surface area contributed by atoms with E-state index in [9.17, 15) is 4.79 Å². The SMILES string of the molecule is C#CCCCCOc1ccc(C2c3c(n[nH]c3CC(C)C)C(=O)N2c2ccc(OC)nc2)c(Cl)c1. The summed E-state index contributed by atoms with van der Waals surface area (Å²) in [6.07, 6.45) is 10.2. The first-order chi connectivity index (χ1) is 16.9. The summed E-state index contributed by atoms with van der Waals surface area (Å²) in [6.45, 7) is 4.83. The van der Waals surface area contributed by atoms with Gasteiger partial charge in [0.25, 0.3) is 5.91 Å². The molecule has 182 valence electrons. The van der Waals surface area contributed by atoms with Crippen molar-refractivity contribution in [3.8, 4) is 24.0 Å². The molecule has 3 aromatic rings. The lowest BCUT2D eigenvalue weighted by Crippen LogP contribution is -2.29. The number of amides is 1. The third-order valence-corrected chi connectivity index (χ3v) is 6.23. The summed E-state index contributed by atoms with van der Waals surface area (Å²) in [7, 11) is 1.55. The van der Waals surface area contributed by atoms with E-state index in [0.29, 0.717) is 40.6 Å². The van der Waals surface area contributed by atoms with Gasteiger partial charge in [0.15, 0.2) is 5.69 Å². The molecule has 0 fully saturated rings. The molecular formula is C27H29ClN4O3. The van der Waals surface area contributed by atoms with Crippen molar-refractivity contribution in [3.05, 3.63) is 64.1 Å². The highest BCUT2D eigenvalue weighted by molar-refractivity contribution is 6.31. The molecule has 4 rings (SSSR count). The molecule has 1 unspecified atom stereocenters. The Hall–Kier alpha value is -3.50. The van der Waals surface area contributed by atoms with Gasteiger partial charge >= 0.3 is 0 Å². The number of benzene rings is 1. The van der Waals surface area contributed by atoms with Gasteiger partial charge in [-0.05, 0) is 48.9 Å². The Morgan fingerprint density at radius 1 is 1.26 bits per heavy atom. The lowest BCUT2D eigenvalue weighted by atomic mass is 9.95. The molecule has 1 aromatic carbocycles. The highest BCUT2D eigenvalue weighted by Gasteiger charge is 2.44. The third kappa shape index (κ3) is 5.13. The minimum atomic E-state index is -0.447. The number of hydrogen-bond donors (Lipinski definition) is 1. The maximum atomic E-state index is 13.5. The molecule has 1 aliphatic heterocycles. The summed E-state index contributed by atoms with van der Waals surface area (Å²) in [5, 5.41) is 7.99. The number of carbonyl (C=O) groups is 1. The Kier molecular flexibility index (Phi) is 7.62. The zero-order chi connectivity index (χ0) is 24.9. The summed E-state index contributed by atoms with van der Waals surface area (Å²) < 4.78 is 11.1. The van der Waals surface area contributed by atoms with E-state index < -0.39 is 6.04 Å². The van der Waals surface area contributed by atoms with Crippen LogP contribution >= 0.6 is 11.6 Å². The lowest BCUT2D eigenvalue weighted by Gasteiger charge is -2.27. The number of anilines is 1. The maximum absolute atomic E-state index is 13.5. The number of rotatable bonds is 10. The van der Waals surface area contributed by atoms with Gasteiger partial charge in [-0.15, -0.1) is 12.3 Å². The second kappa shape index (κ2) is 10.8. The van der Waals surface area contributed by atoms with E-state index in [2.05, 4.69) is 34.9 Å². The summed E-state index contributed by atoms with van der Waals surface area (Å²) in [4.78, 5) is 19.5. The number of H-pyrrole nitrogens is 1. The van der Waals surface area contributed by atoms with Gasteiger partial charge in [0.1, 0.15) is 5.75 Å². The van der Waals surface area contributed by atoms with Crippen molar-refractivity contribution in [2.45, 2.75) is 45.6 Å². The number of hydrogen-bond acceptors (Lipinski definition) is 5. The summed E-state index contributed by atoms with van der Waals surface area (Å²) in [5.74, 6) is 3.96. The molecule has 1 N–H and O–H groups in total. The van der Waals surface area contributed by atoms with Crippen molar-refractivity contribution in [2.24, 2.45) is 5.92 Å². The summed E-state index contributed by atoms with van der Waals surface area (Å²) in [5.41, 5.74) is 3.62. The summed E-state index contributed by atoms with van der Waals surface area (Å²) in [6, 6.07) is 8.70. The molecular weight excluding hydrogens is 464 g/mol. The van der Waals surface area contributed by atoms with E-state index in [-0.39, 0.29) is 5.91 Å². The van der Waals surface area contributed by atoms with Crippen LogP contribution in [0.3, 0.4) is 0 Å². The number of nitrogens with zero attached hydrogens (tertiary/aromatic N) is 3. The minimum Gasteiger partial charge on any atom is -0.494 e. The third-order valence-electron chi connectivity index (χ3n) is 5.91. The predicted molar refractivity (Wildman–Crippen MR) is 136 cm³/mol. The average Bonchev–Trinajstić information content (AvgIpc) is 3.37. The quantitative estimate of drug-likeness (QED) is 0.294. The van der Waals surface area contributed by atoms with Gasteiger partial charge in [-0.2, -0.15) is 5.10 Å².